The van der Waals surface area contributed by atoms with E-state index in [1.807, 2.05) is 0 Å². The fraction of sp³-hybridized carbons (Fsp3) is 0.188. The number of ether oxygens (including phenoxy) is 2. The molecule has 25 heavy (non-hydrogen) atoms. The predicted molar refractivity (Wildman–Crippen MR) is 97.1 cm³/mol. The van der Waals surface area contributed by atoms with Crippen molar-refractivity contribution >= 4 is 35.1 Å². The number of nitro groups is 1. The third-order valence-electron chi connectivity index (χ3n) is 3.34. The van der Waals surface area contributed by atoms with Crippen molar-refractivity contribution < 1.29 is 14.4 Å². The summed E-state index contributed by atoms with van der Waals surface area (Å²) < 4.78 is 10.2. The van der Waals surface area contributed by atoms with E-state index in [2.05, 4.69) is 10.5 Å². The summed E-state index contributed by atoms with van der Waals surface area (Å²) in [6.07, 6.45) is 1.32. The van der Waals surface area contributed by atoms with Crippen LogP contribution in [0.1, 0.15) is 11.1 Å². The van der Waals surface area contributed by atoms with Crippen LogP contribution in [0.25, 0.3) is 0 Å². The van der Waals surface area contributed by atoms with Crippen LogP contribution in [0.15, 0.2) is 35.4 Å². The third-order valence-corrected chi connectivity index (χ3v) is 4.05. The van der Waals surface area contributed by atoms with Gasteiger partial charge in [0.05, 0.1) is 43.5 Å². The van der Waals surface area contributed by atoms with Crippen LogP contribution in [-0.2, 0) is 6.54 Å². The van der Waals surface area contributed by atoms with Crippen molar-refractivity contribution in [3.05, 3.63) is 61.6 Å². The molecule has 0 aromatic heterocycles. The SMILES string of the molecule is COc1cc(/C=N/NCc2c(Cl)cccc2Cl)c([N+](=O)[O-])cc1OC. The lowest BCUT2D eigenvalue weighted by atomic mass is 10.1. The summed E-state index contributed by atoms with van der Waals surface area (Å²) >= 11 is 12.1. The standard InChI is InChI=1S/C16H15Cl2N3O4/c1-24-15-6-10(14(21(22)23)7-16(15)25-2)8-19-20-9-11-12(17)4-3-5-13(11)18/h3-8,20H,9H2,1-2H3/b19-8+. The molecule has 1 N–H and O–H groups in total. The largest absolute Gasteiger partial charge is 0.493 e. The first kappa shape index (κ1) is 18.8. The first-order chi connectivity index (χ1) is 12.0. The minimum atomic E-state index is -0.520. The molecule has 9 heteroatoms. The van der Waals surface area contributed by atoms with Crippen molar-refractivity contribution in [3.63, 3.8) is 0 Å². The van der Waals surface area contributed by atoms with E-state index in [0.717, 1.165) is 0 Å². The summed E-state index contributed by atoms with van der Waals surface area (Å²) in [5, 5.41) is 16.2. The molecule has 2 rings (SSSR count). The van der Waals surface area contributed by atoms with Crippen LogP contribution in [0, 0.1) is 10.1 Å². The predicted octanol–water partition coefficient (Wildman–Crippen LogP) is 4.04. The average Bonchev–Trinajstić information content (AvgIpc) is 2.59. The number of rotatable bonds is 7. The maximum Gasteiger partial charge on any atom is 0.282 e. The Labute approximate surface area is 154 Å². The maximum absolute atomic E-state index is 11.2. The minimum Gasteiger partial charge on any atom is -0.493 e. The van der Waals surface area contributed by atoms with Crippen molar-refractivity contribution in [1.82, 2.24) is 5.43 Å². The highest BCUT2D eigenvalue weighted by atomic mass is 35.5. The Bertz CT molecular complexity index is 792. The lowest BCUT2D eigenvalue weighted by Gasteiger charge is -2.09. The van der Waals surface area contributed by atoms with Crippen LogP contribution in [0.2, 0.25) is 10.0 Å². The summed E-state index contributed by atoms with van der Waals surface area (Å²) in [6.45, 7) is 0.274. The second-order valence-electron chi connectivity index (χ2n) is 4.82. The Balaban J connectivity index is 2.21. The summed E-state index contributed by atoms with van der Waals surface area (Å²) in [5.74, 6) is 0.630. The van der Waals surface area contributed by atoms with Gasteiger partial charge in [-0.1, -0.05) is 29.3 Å². The Hall–Kier alpha value is -2.51. The molecule has 0 aliphatic rings. The van der Waals surface area contributed by atoms with Gasteiger partial charge in [-0.3, -0.25) is 10.1 Å². The van der Waals surface area contributed by atoms with Gasteiger partial charge in [0.1, 0.15) is 0 Å². The second-order valence-corrected chi connectivity index (χ2v) is 5.63. The Morgan fingerprint density at radius 1 is 1.20 bits per heavy atom. The normalized spacial score (nSPS) is 10.7. The summed E-state index contributed by atoms with van der Waals surface area (Å²) in [5.41, 5.74) is 3.57. The van der Waals surface area contributed by atoms with E-state index < -0.39 is 4.92 Å². The van der Waals surface area contributed by atoms with Gasteiger partial charge in [0.25, 0.3) is 5.69 Å². The van der Waals surface area contributed by atoms with E-state index >= 15 is 0 Å². The van der Waals surface area contributed by atoms with Crippen molar-refractivity contribution in [2.24, 2.45) is 5.10 Å². The van der Waals surface area contributed by atoms with Crippen LogP contribution in [0.4, 0.5) is 5.69 Å². The van der Waals surface area contributed by atoms with Gasteiger partial charge in [0.2, 0.25) is 0 Å². The summed E-state index contributed by atoms with van der Waals surface area (Å²) in [6, 6.07) is 7.93. The highest BCUT2D eigenvalue weighted by Crippen LogP contribution is 2.33. The molecule has 2 aromatic rings. The summed E-state index contributed by atoms with van der Waals surface area (Å²) in [4.78, 5) is 10.7. The van der Waals surface area contributed by atoms with Crippen LogP contribution in [-0.4, -0.2) is 25.4 Å². The number of nitro benzene ring substituents is 1. The van der Waals surface area contributed by atoms with Crippen LogP contribution in [0.3, 0.4) is 0 Å². The Morgan fingerprint density at radius 2 is 1.80 bits per heavy atom. The Kier molecular flexibility index (Phi) is 6.44. The van der Waals surface area contributed by atoms with Crippen LogP contribution < -0.4 is 14.9 Å². The minimum absolute atomic E-state index is 0.154. The zero-order chi connectivity index (χ0) is 18.4. The molecule has 132 valence electrons. The first-order valence-corrected chi connectivity index (χ1v) is 7.82. The number of hydrogen-bond donors (Lipinski definition) is 1. The van der Waals surface area contributed by atoms with Crippen molar-refractivity contribution in [3.8, 4) is 11.5 Å². The number of benzene rings is 2. The lowest BCUT2D eigenvalue weighted by molar-refractivity contribution is -0.385. The molecule has 0 saturated heterocycles. The molecule has 2 aromatic carbocycles. The van der Waals surface area contributed by atoms with Gasteiger partial charge in [-0.25, -0.2) is 0 Å². The lowest BCUT2D eigenvalue weighted by Crippen LogP contribution is -2.07. The average molecular weight is 384 g/mol. The molecule has 0 fully saturated rings. The van der Waals surface area contributed by atoms with E-state index in [9.17, 15) is 10.1 Å². The molecule has 0 saturated carbocycles. The van der Waals surface area contributed by atoms with E-state index in [1.165, 1.54) is 32.6 Å². The molecule has 0 atom stereocenters. The molecular formula is C16H15Cl2N3O4. The molecule has 0 amide bonds. The molecule has 0 spiro atoms. The van der Waals surface area contributed by atoms with Gasteiger partial charge in [-0.15, -0.1) is 0 Å². The molecule has 7 nitrogen and oxygen atoms in total. The second kappa shape index (κ2) is 8.55. The van der Waals surface area contributed by atoms with Crippen molar-refractivity contribution in [1.29, 1.82) is 0 Å². The molecule has 0 radical (unpaired) electrons. The number of hydrazone groups is 1. The van der Waals surface area contributed by atoms with E-state index in [-0.39, 0.29) is 23.5 Å². The van der Waals surface area contributed by atoms with Crippen LogP contribution in [0.5, 0.6) is 11.5 Å². The summed E-state index contributed by atoms with van der Waals surface area (Å²) in [7, 11) is 2.85. The van der Waals surface area contributed by atoms with Crippen molar-refractivity contribution in [2.45, 2.75) is 6.54 Å². The zero-order valence-corrected chi connectivity index (χ0v) is 15.0. The van der Waals surface area contributed by atoms with E-state index in [0.29, 0.717) is 21.4 Å². The highest BCUT2D eigenvalue weighted by molar-refractivity contribution is 6.35. The quantitative estimate of drug-likeness (QED) is 0.442. The van der Waals surface area contributed by atoms with Gasteiger partial charge in [0.15, 0.2) is 11.5 Å². The maximum atomic E-state index is 11.2. The monoisotopic (exact) mass is 383 g/mol. The molecule has 0 aliphatic heterocycles. The third kappa shape index (κ3) is 4.52. The van der Waals surface area contributed by atoms with Crippen LogP contribution >= 0.6 is 23.2 Å². The molecule has 0 unspecified atom stereocenters. The van der Waals surface area contributed by atoms with Gasteiger partial charge in [-0.2, -0.15) is 5.10 Å². The zero-order valence-electron chi connectivity index (χ0n) is 13.5. The smallest absolute Gasteiger partial charge is 0.282 e. The first-order valence-electron chi connectivity index (χ1n) is 7.07. The van der Waals surface area contributed by atoms with Crippen molar-refractivity contribution in [2.75, 3.05) is 14.2 Å². The van der Waals surface area contributed by atoms with Gasteiger partial charge in [0, 0.05) is 15.6 Å². The topological polar surface area (TPSA) is 86.0 Å². The number of methoxy groups -OCH3 is 2. The van der Waals surface area contributed by atoms with Gasteiger partial charge >= 0.3 is 0 Å². The number of nitrogens with zero attached hydrogens (tertiary/aromatic N) is 2. The highest BCUT2D eigenvalue weighted by Gasteiger charge is 2.18. The molecule has 0 heterocycles. The number of halogens is 2. The molecular weight excluding hydrogens is 369 g/mol. The Morgan fingerprint density at radius 3 is 2.36 bits per heavy atom. The van der Waals surface area contributed by atoms with Gasteiger partial charge in [-0.05, 0) is 18.2 Å². The van der Waals surface area contributed by atoms with Gasteiger partial charge < -0.3 is 14.9 Å². The molecule has 0 bridgehead atoms. The fourth-order valence-corrected chi connectivity index (χ4v) is 2.62. The number of hydrogen-bond acceptors (Lipinski definition) is 6. The molecule has 0 aliphatic carbocycles. The van der Waals surface area contributed by atoms with E-state index in [1.54, 1.807) is 18.2 Å². The van der Waals surface area contributed by atoms with E-state index in [4.69, 9.17) is 32.7 Å². The number of nitrogens with one attached hydrogen (secondary N) is 1. The fourth-order valence-electron chi connectivity index (χ4n) is 2.09.